The van der Waals surface area contributed by atoms with E-state index in [0.29, 0.717) is 18.8 Å². The summed E-state index contributed by atoms with van der Waals surface area (Å²) in [6.45, 7) is 9.74. The minimum atomic E-state index is 0.0356. The summed E-state index contributed by atoms with van der Waals surface area (Å²) in [5.74, 6) is 0. The molecule has 5 heteroatoms. The van der Waals surface area contributed by atoms with Crippen molar-refractivity contribution in [1.29, 1.82) is 0 Å². The maximum absolute atomic E-state index is 13.7. The van der Waals surface area contributed by atoms with Gasteiger partial charge in [-0.1, -0.05) is 36.5 Å². The first kappa shape index (κ1) is 25.2. The first-order valence-corrected chi connectivity index (χ1v) is 13.1. The lowest BCUT2D eigenvalue weighted by Gasteiger charge is -2.24. The van der Waals surface area contributed by atoms with Crippen LogP contribution in [0.2, 0.25) is 0 Å². The number of nitrogens with zero attached hydrogens (tertiary/aromatic N) is 3. The van der Waals surface area contributed by atoms with Crippen LogP contribution in [-0.4, -0.2) is 40.8 Å². The van der Waals surface area contributed by atoms with Crippen molar-refractivity contribution >= 4 is 11.6 Å². The molecule has 1 aliphatic carbocycles. The molecule has 3 heterocycles. The molecule has 0 unspecified atom stereocenters. The molecule has 2 fully saturated rings. The summed E-state index contributed by atoms with van der Waals surface area (Å²) in [5.41, 5.74) is 6.22. The third-order valence-corrected chi connectivity index (χ3v) is 7.19. The van der Waals surface area contributed by atoms with Gasteiger partial charge in [0.2, 0.25) is 0 Å². The number of hydrogen-bond acceptors (Lipinski definition) is 4. The highest BCUT2D eigenvalue weighted by molar-refractivity contribution is 5.71. The van der Waals surface area contributed by atoms with Crippen LogP contribution in [0.1, 0.15) is 76.6 Å². The Kier molecular flexibility index (Phi) is 8.75. The van der Waals surface area contributed by atoms with Crippen LogP contribution < -0.4 is 5.56 Å². The summed E-state index contributed by atoms with van der Waals surface area (Å²) in [7, 11) is 0. The first-order valence-electron chi connectivity index (χ1n) is 13.1. The maximum Gasteiger partial charge on any atom is 0.261 e. The van der Waals surface area contributed by atoms with E-state index >= 15 is 0 Å². The molecule has 0 amide bonds. The van der Waals surface area contributed by atoms with Gasteiger partial charge < -0.3 is 9.64 Å². The van der Waals surface area contributed by atoms with Gasteiger partial charge in [-0.3, -0.25) is 9.36 Å². The Bertz CT molecular complexity index is 1130. The zero-order valence-corrected chi connectivity index (χ0v) is 21.5. The van der Waals surface area contributed by atoms with Gasteiger partial charge in [-0.2, -0.15) is 0 Å². The molecule has 1 aromatic rings. The lowest BCUT2D eigenvalue weighted by Crippen LogP contribution is -2.31. The highest BCUT2D eigenvalue weighted by atomic mass is 16.5. The molecule has 0 bridgehead atoms. The fourth-order valence-corrected chi connectivity index (χ4v) is 5.08. The molecule has 0 atom stereocenters. The molecule has 2 aliphatic heterocycles. The van der Waals surface area contributed by atoms with Gasteiger partial charge in [-0.05, 0) is 88.2 Å². The fourth-order valence-electron chi connectivity index (χ4n) is 5.08. The molecule has 4 rings (SSSR count). The van der Waals surface area contributed by atoms with Crippen LogP contribution in [0.15, 0.2) is 70.5 Å². The van der Waals surface area contributed by atoms with Crippen molar-refractivity contribution in [1.82, 2.24) is 14.5 Å². The van der Waals surface area contributed by atoms with E-state index in [9.17, 15) is 4.79 Å². The number of ether oxygens (including phenoxy) is 1. The number of allylic oxidation sites excluding steroid dienone is 10. The summed E-state index contributed by atoms with van der Waals surface area (Å²) < 4.78 is 7.34. The molecule has 186 valence electrons. The number of aromatic nitrogens is 2. The van der Waals surface area contributed by atoms with E-state index in [2.05, 4.69) is 47.4 Å². The predicted molar refractivity (Wildman–Crippen MR) is 145 cm³/mol. The Morgan fingerprint density at radius 1 is 1.14 bits per heavy atom. The van der Waals surface area contributed by atoms with Crippen LogP contribution in [0, 0.1) is 0 Å². The Labute approximate surface area is 209 Å². The molecular formula is C30H39N3O2. The van der Waals surface area contributed by atoms with E-state index < -0.39 is 0 Å². The molecule has 0 saturated carbocycles. The van der Waals surface area contributed by atoms with E-state index in [0.717, 1.165) is 55.6 Å². The fraction of sp³-hybridized carbons (Fsp3) is 0.467. The largest absolute Gasteiger partial charge is 0.381 e. The van der Waals surface area contributed by atoms with Crippen molar-refractivity contribution in [2.45, 2.75) is 65.3 Å². The van der Waals surface area contributed by atoms with Crippen molar-refractivity contribution < 1.29 is 4.74 Å². The quantitative estimate of drug-likeness (QED) is 0.440. The molecular weight excluding hydrogens is 434 g/mol. The average Bonchev–Trinajstić information content (AvgIpc) is 3.32. The molecule has 0 radical (unpaired) electrons. The molecule has 0 spiro atoms. The second-order valence-electron chi connectivity index (χ2n) is 9.60. The van der Waals surface area contributed by atoms with Crippen molar-refractivity contribution in [2.24, 2.45) is 0 Å². The van der Waals surface area contributed by atoms with Gasteiger partial charge in [-0.15, -0.1) is 0 Å². The van der Waals surface area contributed by atoms with Gasteiger partial charge in [0, 0.05) is 38.0 Å². The van der Waals surface area contributed by atoms with Gasteiger partial charge in [0.05, 0.1) is 17.6 Å². The van der Waals surface area contributed by atoms with Crippen LogP contribution in [0.5, 0.6) is 0 Å². The lowest BCUT2D eigenvalue weighted by atomic mass is 9.99. The Balaban J connectivity index is 1.66. The molecule has 5 nitrogen and oxygen atoms in total. The van der Waals surface area contributed by atoms with E-state index in [-0.39, 0.29) is 11.6 Å². The number of hydrogen-bond donors (Lipinski definition) is 0. The highest BCUT2D eigenvalue weighted by Crippen LogP contribution is 2.26. The Hall–Kier alpha value is -2.92. The second-order valence-corrected chi connectivity index (χ2v) is 9.60. The third kappa shape index (κ3) is 6.21. The van der Waals surface area contributed by atoms with Gasteiger partial charge >= 0.3 is 0 Å². The van der Waals surface area contributed by atoms with E-state index in [1.807, 2.05) is 31.4 Å². The highest BCUT2D eigenvalue weighted by Gasteiger charge is 2.20. The van der Waals surface area contributed by atoms with Crippen LogP contribution in [-0.2, 0) is 4.74 Å². The van der Waals surface area contributed by atoms with Crippen LogP contribution in [0.4, 0.5) is 0 Å². The van der Waals surface area contributed by atoms with Crippen LogP contribution >= 0.6 is 0 Å². The van der Waals surface area contributed by atoms with Gasteiger partial charge in [-0.25, -0.2) is 4.98 Å². The smallest absolute Gasteiger partial charge is 0.261 e. The number of likely N-dealkylation sites (tertiary alicyclic amines) is 1. The summed E-state index contributed by atoms with van der Waals surface area (Å²) in [6.07, 6.45) is 25.1. The predicted octanol–water partition coefficient (Wildman–Crippen LogP) is 6.23. The van der Waals surface area contributed by atoms with Crippen molar-refractivity contribution in [2.75, 3.05) is 26.3 Å². The van der Waals surface area contributed by atoms with Crippen LogP contribution in [0.25, 0.3) is 11.6 Å². The summed E-state index contributed by atoms with van der Waals surface area (Å²) >= 11 is 0. The zero-order chi connectivity index (χ0) is 24.6. The average molecular weight is 474 g/mol. The van der Waals surface area contributed by atoms with E-state index in [4.69, 9.17) is 9.72 Å². The second kappa shape index (κ2) is 12.2. The molecule has 35 heavy (non-hydrogen) atoms. The van der Waals surface area contributed by atoms with Gasteiger partial charge in [0.15, 0.2) is 0 Å². The Morgan fingerprint density at radius 3 is 2.63 bits per heavy atom. The SMILES string of the molecule is C/C=C/C(=C\c1c(/C(C)=C/C)ncn(C2CCOCC2)c1=O)CC1=CCC=C(N2CCCC2)C=C1. The van der Waals surface area contributed by atoms with Gasteiger partial charge in [0.25, 0.3) is 5.56 Å². The minimum absolute atomic E-state index is 0.0356. The topological polar surface area (TPSA) is 47.4 Å². The van der Waals surface area contributed by atoms with Gasteiger partial charge in [0.1, 0.15) is 0 Å². The maximum atomic E-state index is 13.7. The Morgan fingerprint density at radius 2 is 1.91 bits per heavy atom. The molecule has 0 N–H and O–H groups in total. The standard InChI is InChI=1S/C30H39N3O2/c1-4-9-25(20-24-10-8-11-26(13-12-24)32-16-6-7-17-32)21-28-29(23(3)5-2)31-22-33(30(28)34)27-14-18-35-19-15-27/h4-5,9-13,21-22,27H,6-8,14-20H2,1-3H3/b9-4+,23-5+,25-21+. The minimum Gasteiger partial charge on any atom is -0.381 e. The van der Waals surface area contributed by atoms with E-state index in [1.165, 1.54) is 24.1 Å². The lowest BCUT2D eigenvalue weighted by molar-refractivity contribution is 0.0683. The van der Waals surface area contributed by atoms with Crippen LogP contribution in [0.3, 0.4) is 0 Å². The summed E-state index contributed by atoms with van der Waals surface area (Å²) in [5, 5.41) is 0. The van der Waals surface area contributed by atoms with Crippen molar-refractivity contribution in [3.05, 3.63) is 87.3 Å². The number of rotatable bonds is 7. The summed E-state index contributed by atoms with van der Waals surface area (Å²) in [6, 6.07) is 0.142. The summed E-state index contributed by atoms with van der Waals surface area (Å²) in [4.78, 5) is 21.0. The molecule has 2 saturated heterocycles. The molecule has 1 aromatic heterocycles. The zero-order valence-electron chi connectivity index (χ0n) is 21.5. The normalized spacial score (nSPS) is 20.4. The third-order valence-electron chi connectivity index (χ3n) is 7.19. The first-order chi connectivity index (χ1) is 17.1. The van der Waals surface area contributed by atoms with E-state index in [1.54, 1.807) is 6.33 Å². The molecule has 3 aliphatic rings. The van der Waals surface area contributed by atoms with Crippen molar-refractivity contribution in [3.8, 4) is 0 Å². The van der Waals surface area contributed by atoms with Crippen molar-refractivity contribution in [3.63, 3.8) is 0 Å². The monoisotopic (exact) mass is 473 g/mol. The molecule has 0 aromatic carbocycles.